The van der Waals surface area contributed by atoms with Crippen LogP contribution in [0.4, 0.5) is 5.82 Å². The Morgan fingerprint density at radius 1 is 1.17 bits per heavy atom. The SMILES string of the molecule is O=C(NC1CCOc2ccccc21)c1cccnc1N1CCCC1. The summed E-state index contributed by atoms with van der Waals surface area (Å²) in [5.41, 5.74) is 1.70. The zero-order chi connectivity index (χ0) is 16.4. The van der Waals surface area contributed by atoms with Gasteiger partial charge in [0.15, 0.2) is 0 Å². The zero-order valence-electron chi connectivity index (χ0n) is 13.6. The van der Waals surface area contributed by atoms with E-state index in [1.165, 1.54) is 0 Å². The quantitative estimate of drug-likeness (QED) is 0.943. The number of hydrogen-bond acceptors (Lipinski definition) is 4. The minimum absolute atomic E-state index is 0.0194. The number of rotatable bonds is 3. The molecule has 24 heavy (non-hydrogen) atoms. The maximum absolute atomic E-state index is 12.9. The van der Waals surface area contributed by atoms with E-state index >= 15 is 0 Å². The standard InChI is InChI=1S/C19H21N3O2/c23-19(15-7-5-10-20-18(15)22-11-3-4-12-22)21-16-9-13-24-17-8-2-1-6-14(16)17/h1-2,5-8,10,16H,3-4,9,11-13H2,(H,21,23). The smallest absolute Gasteiger partial charge is 0.255 e. The molecule has 1 unspecified atom stereocenters. The van der Waals surface area contributed by atoms with Crippen molar-refractivity contribution in [3.05, 3.63) is 53.7 Å². The number of ether oxygens (including phenoxy) is 1. The van der Waals surface area contributed by atoms with E-state index in [-0.39, 0.29) is 11.9 Å². The van der Waals surface area contributed by atoms with Gasteiger partial charge in [-0.15, -0.1) is 0 Å². The molecule has 1 aromatic carbocycles. The van der Waals surface area contributed by atoms with Crippen LogP contribution in [0.1, 0.15) is 41.2 Å². The number of anilines is 1. The van der Waals surface area contributed by atoms with Crippen LogP contribution in [0.25, 0.3) is 0 Å². The normalized spacial score (nSPS) is 19.5. The van der Waals surface area contributed by atoms with Gasteiger partial charge in [0.25, 0.3) is 5.91 Å². The number of aromatic nitrogens is 1. The van der Waals surface area contributed by atoms with Gasteiger partial charge in [-0.1, -0.05) is 18.2 Å². The van der Waals surface area contributed by atoms with E-state index in [1.54, 1.807) is 6.20 Å². The van der Waals surface area contributed by atoms with Gasteiger partial charge < -0.3 is 15.0 Å². The molecule has 0 saturated carbocycles. The van der Waals surface area contributed by atoms with Crippen molar-refractivity contribution in [2.24, 2.45) is 0 Å². The lowest BCUT2D eigenvalue weighted by Gasteiger charge is -2.27. The Bertz CT molecular complexity index is 741. The fraction of sp³-hybridized carbons (Fsp3) is 0.368. The third kappa shape index (κ3) is 2.82. The van der Waals surface area contributed by atoms with Crippen molar-refractivity contribution in [3.8, 4) is 5.75 Å². The predicted molar refractivity (Wildman–Crippen MR) is 92.4 cm³/mol. The minimum atomic E-state index is -0.0632. The highest BCUT2D eigenvalue weighted by Crippen LogP contribution is 2.32. The fourth-order valence-corrected chi connectivity index (χ4v) is 3.48. The molecule has 5 heteroatoms. The topological polar surface area (TPSA) is 54.5 Å². The Labute approximate surface area is 141 Å². The van der Waals surface area contributed by atoms with Crippen molar-refractivity contribution < 1.29 is 9.53 Å². The first kappa shape index (κ1) is 15.0. The van der Waals surface area contributed by atoms with Crippen LogP contribution in [0.3, 0.4) is 0 Å². The van der Waals surface area contributed by atoms with Crippen LogP contribution in [0.2, 0.25) is 0 Å². The summed E-state index contributed by atoms with van der Waals surface area (Å²) in [6.45, 7) is 2.56. The van der Waals surface area contributed by atoms with E-state index in [1.807, 2.05) is 36.4 Å². The van der Waals surface area contributed by atoms with Crippen LogP contribution in [0.5, 0.6) is 5.75 Å². The van der Waals surface area contributed by atoms with Gasteiger partial charge >= 0.3 is 0 Å². The van der Waals surface area contributed by atoms with Crippen molar-refractivity contribution in [2.75, 3.05) is 24.6 Å². The van der Waals surface area contributed by atoms with E-state index in [0.717, 1.165) is 49.5 Å². The molecule has 1 saturated heterocycles. The van der Waals surface area contributed by atoms with Gasteiger partial charge in [0.05, 0.1) is 18.2 Å². The minimum Gasteiger partial charge on any atom is -0.493 e. The van der Waals surface area contributed by atoms with Crippen LogP contribution < -0.4 is 15.0 Å². The molecule has 1 aromatic heterocycles. The average Bonchev–Trinajstić information content (AvgIpc) is 3.16. The molecule has 1 fully saturated rings. The van der Waals surface area contributed by atoms with Crippen molar-refractivity contribution in [3.63, 3.8) is 0 Å². The van der Waals surface area contributed by atoms with Gasteiger partial charge in [-0.2, -0.15) is 0 Å². The number of nitrogens with zero attached hydrogens (tertiary/aromatic N) is 2. The summed E-state index contributed by atoms with van der Waals surface area (Å²) < 4.78 is 5.67. The molecule has 2 aliphatic heterocycles. The van der Waals surface area contributed by atoms with E-state index in [2.05, 4.69) is 15.2 Å². The molecule has 5 nitrogen and oxygen atoms in total. The largest absolute Gasteiger partial charge is 0.493 e. The summed E-state index contributed by atoms with van der Waals surface area (Å²) in [4.78, 5) is 19.5. The number of carbonyl (C=O) groups excluding carboxylic acids is 1. The van der Waals surface area contributed by atoms with Crippen LogP contribution in [0.15, 0.2) is 42.6 Å². The Morgan fingerprint density at radius 3 is 2.88 bits per heavy atom. The Hall–Kier alpha value is -2.56. The highest BCUT2D eigenvalue weighted by molar-refractivity contribution is 5.99. The third-order valence-corrected chi connectivity index (χ3v) is 4.70. The number of hydrogen-bond donors (Lipinski definition) is 1. The van der Waals surface area contributed by atoms with E-state index in [9.17, 15) is 4.79 Å². The van der Waals surface area contributed by atoms with Crippen molar-refractivity contribution >= 4 is 11.7 Å². The number of fused-ring (bicyclic) bond motifs is 1. The van der Waals surface area contributed by atoms with Crippen LogP contribution in [0, 0.1) is 0 Å². The van der Waals surface area contributed by atoms with E-state index in [4.69, 9.17) is 4.74 Å². The summed E-state index contributed by atoms with van der Waals surface area (Å²) in [6, 6.07) is 11.6. The number of para-hydroxylation sites is 1. The van der Waals surface area contributed by atoms with Gasteiger partial charge in [0, 0.05) is 31.3 Å². The second-order valence-corrected chi connectivity index (χ2v) is 6.27. The molecular formula is C19H21N3O2. The lowest BCUT2D eigenvalue weighted by molar-refractivity contribution is 0.0925. The molecule has 1 N–H and O–H groups in total. The summed E-state index contributed by atoms with van der Waals surface area (Å²) >= 11 is 0. The molecule has 124 valence electrons. The first-order valence-electron chi connectivity index (χ1n) is 8.55. The molecular weight excluding hydrogens is 302 g/mol. The molecule has 2 aromatic rings. The molecule has 4 rings (SSSR count). The van der Waals surface area contributed by atoms with Crippen LogP contribution in [-0.2, 0) is 0 Å². The number of nitrogens with one attached hydrogen (secondary N) is 1. The molecule has 1 atom stereocenters. The van der Waals surface area contributed by atoms with Gasteiger partial charge in [0.2, 0.25) is 0 Å². The first-order chi connectivity index (χ1) is 11.8. The predicted octanol–water partition coefficient (Wildman–Crippen LogP) is 2.94. The van der Waals surface area contributed by atoms with E-state index in [0.29, 0.717) is 12.2 Å². The summed E-state index contributed by atoms with van der Waals surface area (Å²) in [5, 5.41) is 3.17. The monoisotopic (exact) mass is 323 g/mol. The number of carbonyl (C=O) groups is 1. The lowest BCUT2D eigenvalue weighted by atomic mass is 10.00. The second-order valence-electron chi connectivity index (χ2n) is 6.27. The van der Waals surface area contributed by atoms with Gasteiger partial charge in [-0.25, -0.2) is 4.98 Å². The second kappa shape index (κ2) is 6.51. The molecule has 0 bridgehead atoms. The Balaban J connectivity index is 1.58. The highest BCUT2D eigenvalue weighted by atomic mass is 16.5. The fourth-order valence-electron chi connectivity index (χ4n) is 3.48. The average molecular weight is 323 g/mol. The molecule has 1 amide bonds. The van der Waals surface area contributed by atoms with Crippen LogP contribution in [-0.4, -0.2) is 30.6 Å². The Kier molecular flexibility index (Phi) is 4.07. The molecule has 2 aliphatic rings. The van der Waals surface area contributed by atoms with Gasteiger partial charge in [-0.05, 0) is 31.0 Å². The van der Waals surface area contributed by atoms with Gasteiger partial charge in [-0.3, -0.25) is 4.79 Å². The van der Waals surface area contributed by atoms with Crippen molar-refractivity contribution in [2.45, 2.75) is 25.3 Å². The summed E-state index contributed by atoms with van der Waals surface area (Å²) in [5.74, 6) is 1.60. The van der Waals surface area contributed by atoms with Crippen molar-refractivity contribution in [1.82, 2.24) is 10.3 Å². The summed E-state index contributed by atoms with van der Waals surface area (Å²) in [6.07, 6.45) is 4.85. The van der Waals surface area contributed by atoms with Crippen molar-refractivity contribution in [1.29, 1.82) is 0 Å². The summed E-state index contributed by atoms with van der Waals surface area (Å²) in [7, 11) is 0. The maximum atomic E-state index is 12.9. The number of pyridine rings is 1. The maximum Gasteiger partial charge on any atom is 0.255 e. The number of amides is 1. The zero-order valence-corrected chi connectivity index (χ0v) is 13.6. The first-order valence-corrected chi connectivity index (χ1v) is 8.55. The van der Waals surface area contributed by atoms with Gasteiger partial charge in [0.1, 0.15) is 11.6 Å². The molecule has 0 spiro atoms. The molecule has 0 aliphatic carbocycles. The molecule has 0 radical (unpaired) electrons. The number of benzene rings is 1. The lowest BCUT2D eigenvalue weighted by Crippen LogP contribution is -2.33. The Morgan fingerprint density at radius 2 is 2.00 bits per heavy atom. The molecule has 3 heterocycles. The highest BCUT2D eigenvalue weighted by Gasteiger charge is 2.26. The van der Waals surface area contributed by atoms with E-state index < -0.39 is 0 Å². The third-order valence-electron chi connectivity index (χ3n) is 4.70. The van der Waals surface area contributed by atoms with Crippen LogP contribution >= 0.6 is 0 Å².